The fourth-order valence-corrected chi connectivity index (χ4v) is 2.52. The minimum atomic E-state index is -0.606. The van der Waals surface area contributed by atoms with Crippen LogP contribution in [0.2, 0.25) is 0 Å². The van der Waals surface area contributed by atoms with Crippen molar-refractivity contribution in [1.82, 2.24) is 10.2 Å². The maximum absolute atomic E-state index is 13.1. The molecule has 0 bridgehead atoms. The van der Waals surface area contributed by atoms with Gasteiger partial charge in [-0.25, -0.2) is 9.18 Å². The predicted molar refractivity (Wildman–Crippen MR) is 101 cm³/mol. The monoisotopic (exact) mass is 357 g/mol. The molecule has 0 aliphatic carbocycles. The van der Waals surface area contributed by atoms with E-state index in [9.17, 15) is 14.0 Å². The summed E-state index contributed by atoms with van der Waals surface area (Å²) in [5, 5.41) is 5.47. The molecule has 0 aromatic heterocycles. The molecule has 0 aliphatic rings. The second-order valence-corrected chi connectivity index (χ2v) is 6.64. The van der Waals surface area contributed by atoms with Crippen LogP contribution < -0.4 is 10.6 Å². The third-order valence-corrected chi connectivity index (χ3v) is 3.96. The number of carbonyl (C=O) groups excluding carboxylic acids is 2. The number of carbonyl (C=O) groups is 2. The number of likely N-dealkylation sites (N-methyl/N-ethyl adjacent to an activating group) is 1. The molecule has 6 heteroatoms. The lowest BCUT2D eigenvalue weighted by Gasteiger charge is -2.24. The van der Waals surface area contributed by atoms with Gasteiger partial charge in [-0.1, -0.05) is 38.1 Å². The Labute approximate surface area is 153 Å². The zero-order chi connectivity index (χ0) is 19.3. The molecule has 2 aromatic rings. The van der Waals surface area contributed by atoms with Crippen molar-refractivity contribution in [1.29, 1.82) is 0 Å². The lowest BCUT2D eigenvalue weighted by Crippen LogP contribution is -2.50. The number of amides is 3. The van der Waals surface area contributed by atoms with E-state index >= 15 is 0 Å². The van der Waals surface area contributed by atoms with Crippen molar-refractivity contribution >= 4 is 17.6 Å². The van der Waals surface area contributed by atoms with Crippen LogP contribution >= 0.6 is 0 Å². The van der Waals surface area contributed by atoms with Gasteiger partial charge in [-0.2, -0.15) is 0 Å². The number of urea groups is 1. The molecule has 0 radical (unpaired) electrons. The third-order valence-electron chi connectivity index (χ3n) is 3.96. The summed E-state index contributed by atoms with van der Waals surface area (Å²) >= 11 is 0. The van der Waals surface area contributed by atoms with Gasteiger partial charge < -0.3 is 15.5 Å². The lowest BCUT2D eigenvalue weighted by atomic mass is 10.0. The average Bonchev–Trinajstić information content (AvgIpc) is 2.59. The second-order valence-electron chi connectivity index (χ2n) is 6.64. The Kier molecular flexibility index (Phi) is 6.33. The van der Waals surface area contributed by atoms with Gasteiger partial charge in [0.25, 0.3) is 0 Å². The maximum atomic E-state index is 13.1. The molecule has 0 unspecified atom stereocenters. The van der Waals surface area contributed by atoms with Gasteiger partial charge in [0.1, 0.15) is 11.9 Å². The molecule has 0 heterocycles. The maximum Gasteiger partial charge on any atom is 0.319 e. The first-order valence-corrected chi connectivity index (χ1v) is 8.42. The Morgan fingerprint density at radius 3 is 2.23 bits per heavy atom. The Balaban J connectivity index is 2.10. The highest BCUT2D eigenvalue weighted by atomic mass is 19.1. The molecule has 138 valence electrons. The molecule has 0 spiro atoms. The van der Waals surface area contributed by atoms with Crippen molar-refractivity contribution in [2.45, 2.75) is 19.9 Å². The van der Waals surface area contributed by atoms with Gasteiger partial charge in [0.15, 0.2) is 0 Å². The van der Waals surface area contributed by atoms with E-state index in [0.29, 0.717) is 5.69 Å². The van der Waals surface area contributed by atoms with Crippen molar-refractivity contribution < 1.29 is 14.0 Å². The lowest BCUT2D eigenvalue weighted by molar-refractivity contribution is -0.131. The Bertz CT molecular complexity index is 773. The van der Waals surface area contributed by atoms with Crippen molar-refractivity contribution in [3.63, 3.8) is 0 Å². The predicted octanol–water partition coefficient (Wildman–Crippen LogP) is 3.73. The first-order valence-electron chi connectivity index (χ1n) is 8.42. The number of rotatable bonds is 5. The van der Waals surface area contributed by atoms with E-state index in [2.05, 4.69) is 10.6 Å². The minimum absolute atomic E-state index is 0.0406. The van der Waals surface area contributed by atoms with Crippen LogP contribution in [0.25, 0.3) is 11.1 Å². The average molecular weight is 357 g/mol. The number of anilines is 1. The minimum Gasteiger partial charge on any atom is -0.347 e. The smallest absolute Gasteiger partial charge is 0.319 e. The van der Waals surface area contributed by atoms with E-state index < -0.39 is 12.1 Å². The molecule has 0 fully saturated rings. The highest BCUT2D eigenvalue weighted by Gasteiger charge is 2.25. The fourth-order valence-electron chi connectivity index (χ4n) is 2.52. The molecule has 5 nitrogen and oxygen atoms in total. The van der Waals surface area contributed by atoms with Crippen LogP contribution in [0.1, 0.15) is 13.8 Å². The summed E-state index contributed by atoms with van der Waals surface area (Å²) in [7, 11) is 3.31. The van der Waals surface area contributed by atoms with Crippen LogP contribution in [0.5, 0.6) is 0 Å². The Morgan fingerprint density at radius 2 is 1.65 bits per heavy atom. The van der Waals surface area contributed by atoms with E-state index in [1.807, 2.05) is 19.9 Å². The molecule has 0 aliphatic heterocycles. The summed E-state index contributed by atoms with van der Waals surface area (Å²) in [4.78, 5) is 26.0. The number of nitrogens with one attached hydrogen (secondary N) is 2. The number of hydrogen-bond donors (Lipinski definition) is 2. The highest BCUT2D eigenvalue weighted by molar-refractivity contribution is 5.94. The van der Waals surface area contributed by atoms with Gasteiger partial charge in [0, 0.05) is 19.8 Å². The van der Waals surface area contributed by atoms with Crippen molar-refractivity contribution in [2.24, 2.45) is 5.92 Å². The van der Waals surface area contributed by atoms with Crippen LogP contribution in [0.3, 0.4) is 0 Å². The zero-order valence-electron chi connectivity index (χ0n) is 15.4. The van der Waals surface area contributed by atoms with Crippen molar-refractivity contribution in [3.8, 4) is 11.1 Å². The van der Waals surface area contributed by atoms with Gasteiger partial charge in [0.2, 0.25) is 5.91 Å². The van der Waals surface area contributed by atoms with Gasteiger partial charge in [0.05, 0.1) is 0 Å². The number of halogens is 1. The van der Waals surface area contributed by atoms with Crippen molar-refractivity contribution in [3.05, 3.63) is 54.3 Å². The molecule has 3 amide bonds. The Morgan fingerprint density at radius 1 is 1.00 bits per heavy atom. The summed E-state index contributed by atoms with van der Waals surface area (Å²) in [6.07, 6.45) is 0. The molecule has 2 rings (SSSR count). The van der Waals surface area contributed by atoms with Crippen LogP contribution in [-0.4, -0.2) is 37.0 Å². The van der Waals surface area contributed by atoms with Gasteiger partial charge in [-0.05, 0) is 41.3 Å². The molecular weight excluding hydrogens is 333 g/mol. The SMILES string of the molecule is CC(C)[C@H](NC(=O)Nc1cccc(-c2ccc(F)cc2)c1)C(=O)N(C)C. The summed E-state index contributed by atoms with van der Waals surface area (Å²) in [5.74, 6) is -0.496. The molecular formula is C20H24FN3O2. The van der Waals surface area contributed by atoms with E-state index in [4.69, 9.17) is 0 Å². The van der Waals surface area contributed by atoms with E-state index in [1.165, 1.54) is 17.0 Å². The standard InChI is InChI=1S/C20H24FN3O2/c1-13(2)18(19(25)24(3)4)23-20(26)22-17-7-5-6-15(12-17)14-8-10-16(21)11-9-14/h5-13,18H,1-4H3,(H2,22,23,26)/t18-/m0/s1. The van der Waals surface area contributed by atoms with E-state index in [0.717, 1.165) is 11.1 Å². The second kappa shape index (κ2) is 8.47. The third kappa shape index (κ3) is 5.05. The zero-order valence-corrected chi connectivity index (χ0v) is 15.4. The number of benzene rings is 2. The molecule has 26 heavy (non-hydrogen) atoms. The van der Waals surface area contributed by atoms with Crippen molar-refractivity contribution in [2.75, 3.05) is 19.4 Å². The van der Waals surface area contributed by atoms with Gasteiger partial charge >= 0.3 is 6.03 Å². The Hall–Kier alpha value is -2.89. The first kappa shape index (κ1) is 19.4. The summed E-state index contributed by atoms with van der Waals surface area (Å²) in [6, 6.07) is 12.3. The quantitative estimate of drug-likeness (QED) is 0.857. The molecule has 2 aromatic carbocycles. The molecule has 1 atom stereocenters. The normalized spacial score (nSPS) is 11.8. The summed E-state index contributed by atoms with van der Waals surface area (Å²) in [5.41, 5.74) is 2.29. The van der Waals surface area contributed by atoms with Gasteiger partial charge in [-0.15, -0.1) is 0 Å². The van der Waals surface area contributed by atoms with Crippen LogP contribution in [0, 0.1) is 11.7 Å². The highest BCUT2D eigenvalue weighted by Crippen LogP contribution is 2.23. The topological polar surface area (TPSA) is 61.4 Å². The molecule has 0 saturated heterocycles. The van der Waals surface area contributed by atoms with Crippen LogP contribution in [0.4, 0.5) is 14.9 Å². The largest absolute Gasteiger partial charge is 0.347 e. The number of hydrogen-bond acceptors (Lipinski definition) is 2. The van der Waals surface area contributed by atoms with Crippen LogP contribution in [-0.2, 0) is 4.79 Å². The fraction of sp³-hybridized carbons (Fsp3) is 0.300. The van der Waals surface area contributed by atoms with E-state index in [1.54, 1.807) is 44.4 Å². The first-order chi connectivity index (χ1) is 12.3. The van der Waals surface area contributed by atoms with Crippen LogP contribution in [0.15, 0.2) is 48.5 Å². The van der Waals surface area contributed by atoms with Gasteiger partial charge in [-0.3, -0.25) is 4.79 Å². The molecule has 0 saturated carbocycles. The number of nitrogens with zero attached hydrogens (tertiary/aromatic N) is 1. The molecule has 2 N–H and O–H groups in total. The van der Waals surface area contributed by atoms with E-state index in [-0.39, 0.29) is 17.6 Å². The summed E-state index contributed by atoms with van der Waals surface area (Å²) in [6.45, 7) is 3.75. The summed E-state index contributed by atoms with van der Waals surface area (Å²) < 4.78 is 13.1.